The van der Waals surface area contributed by atoms with Crippen molar-refractivity contribution in [2.24, 2.45) is 16.7 Å². The highest BCUT2D eigenvalue weighted by molar-refractivity contribution is 5.89. The summed E-state index contributed by atoms with van der Waals surface area (Å²) in [6.07, 6.45) is 1.54. The van der Waals surface area contributed by atoms with Crippen LogP contribution in [0.5, 0.6) is 0 Å². The van der Waals surface area contributed by atoms with E-state index in [4.69, 9.17) is 14.9 Å². The van der Waals surface area contributed by atoms with Gasteiger partial charge in [0, 0.05) is 6.42 Å². The van der Waals surface area contributed by atoms with Crippen molar-refractivity contribution in [3.05, 3.63) is 35.4 Å². The molecule has 4 unspecified atom stereocenters. The van der Waals surface area contributed by atoms with Gasteiger partial charge in [0.1, 0.15) is 6.10 Å². The minimum absolute atomic E-state index is 0.328. The van der Waals surface area contributed by atoms with Crippen molar-refractivity contribution < 1.29 is 9.47 Å². The van der Waals surface area contributed by atoms with Gasteiger partial charge in [0.15, 0.2) is 5.41 Å². The molecule has 0 aliphatic carbocycles. The standard InChI is InChI=1S/C22H24N4O2/c1-4-11-22-17(6-3)21(14-25,19(26)28-22)20(12-23,13-24)18(27-22)16-9-7-15(5-2)8-10-16/h7-10,17-18,26H,4-6,11H2,1-3H3. The molecule has 28 heavy (non-hydrogen) atoms. The van der Waals surface area contributed by atoms with E-state index < -0.39 is 28.6 Å². The average Bonchev–Trinajstić information content (AvgIpc) is 2.91. The molecule has 2 aliphatic rings. The molecule has 0 aromatic heterocycles. The zero-order valence-corrected chi connectivity index (χ0v) is 16.5. The summed E-state index contributed by atoms with van der Waals surface area (Å²) < 4.78 is 12.3. The van der Waals surface area contributed by atoms with Crippen LogP contribution in [0.3, 0.4) is 0 Å². The topological polar surface area (TPSA) is 114 Å². The monoisotopic (exact) mass is 376 g/mol. The Morgan fingerprint density at radius 2 is 1.68 bits per heavy atom. The fourth-order valence-electron chi connectivity index (χ4n) is 4.90. The van der Waals surface area contributed by atoms with Crippen LogP contribution in [-0.4, -0.2) is 11.7 Å². The van der Waals surface area contributed by atoms with Gasteiger partial charge >= 0.3 is 0 Å². The first-order chi connectivity index (χ1) is 13.4. The fourth-order valence-corrected chi connectivity index (χ4v) is 4.90. The quantitative estimate of drug-likeness (QED) is 0.818. The Labute approximate surface area is 165 Å². The fraction of sp³-hybridized carbons (Fsp3) is 0.545. The molecule has 4 atom stereocenters. The molecule has 2 saturated heterocycles. The average molecular weight is 376 g/mol. The predicted octanol–water partition coefficient (Wildman–Crippen LogP) is 4.39. The summed E-state index contributed by atoms with van der Waals surface area (Å²) >= 11 is 0. The summed E-state index contributed by atoms with van der Waals surface area (Å²) in [6, 6.07) is 13.9. The number of ether oxygens (including phenoxy) is 2. The maximum atomic E-state index is 10.2. The Morgan fingerprint density at radius 1 is 1.04 bits per heavy atom. The Bertz CT molecular complexity index is 890. The van der Waals surface area contributed by atoms with E-state index in [-0.39, 0.29) is 5.90 Å². The van der Waals surface area contributed by atoms with Crippen LogP contribution in [0.15, 0.2) is 24.3 Å². The normalized spacial score (nSPS) is 32.6. The largest absolute Gasteiger partial charge is 0.447 e. The number of nitrogens with zero attached hydrogens (tertiary/aromatic N) is 3. The third-order valence-corrected chi connectivity index (χ3v) is 6.25. The summed E-state index contributed by atoms with van der Waals surface area (Å²) in [5.41, 5.74) is -1.78. The van der Waals surface area contributed by atoms with Gasteiger partial charge < -0.3 is 9.47 Å². The molecule has 0 radical (unpaired) electrons. The number of rotatable bonds is 5. The summed E-state index contributed by atoms with van der Waals surface area (Å²) in [6.45, 7) is 5.90. The maximum absolute atomic E-state index is 10.2. The van der Waals surface area contributed by atoms with Crippen molar-refractivity contribution in [3.8, 4) is 18.2 Å². The van der Waals surface area contributed by atoms with Crippen molar-refractivity contribution >= 4 is 5.90 Å². The molecule has 0 amide bonds. The van der Waals surface area contributed by atoms with E-state index in [2.05, 4.69) is 18.2 Å². The van der Waals surface area contributed by atoms with Crippen LogP contribution in [-0.2, 0) is 15.9 Å². The Morgan fingerprint density at radius 3 is 2.14 bits per heavy atom. The SMILES string of the molecule is CCCC12OC(=N)C(C#N)(C1CC)C(C#N)(C#N)C(c1ccc(CC)cc1)O2. The molecule has 2 heterocycles. The van der Waals surface area contributed by atoms with Crippen LogP contribution in [0.25, 0.3) is 0 Å². The number of aryl methyl sites for hydroxylation is 1. The van der Waals surface area contributed by atoms with Crippen molar-refractivity contribution in [2.45, 2.75) is 58.3 Å². The number of nitriles is 3. The van der Waals surface area contributed by atoms with Gasteiger partial charge in [-0.1, -0.05) is 45.0 Å². The number of hydrogen-bond acceptors (Lipinski definition) is 6. The van der Waals surface area contributed by atoms with Gasteiger partial charge in [0.2, 0.25) is 17.1 Å². The molecule has 1 N–H and O–H groups in total. The number of fused-ring (bicyclic) bond motifs is 2. The molecule has 2 aliphatic heterocycles. The second-order valence-electron chi connectivity index (χ2n) is 7.50. The second kappa shape index (κ2) is 6.93. The summed E-state index contributed by atoms with van der Waals surface area (Å²) in [5, 5.41) is 39.1. The van der Waals surface area contributed by atoms with Gasteiger partial charge in [-0.15, -0.1) is 0 Å². The third-order valence-electron chi connectivity index (χ3n) is 6.25. The first-order valence-corrected chi connectivity index (χ1v) is 9.73. The van der Waals surface area contributed by atoms with Gasteiger partial charge in [0.05, 0.1) is 24.1 Å². The molecule has 1 aromatic rings. The Hall–Kier alpha value is -2.88. The van der Waals surface area contributed by atoms with Crippen LogP contribution >= 0.6 is 0 Å². The molecule has 0 spiro atoms. The van der Waals surface area contributed by atoms with Gasteiger partial charge in [-0.2, -0.15) is 15.8 Å². The first-order valence-electron chi connectivity index (χ1n) is 9.73. The van der Waals surface area contributed by atoms with E-state index in [1.165, 1.54) is 0 Å². The molecule has 2 bridgehead atoms. The number of benzene rings is 1. The highest BCUT2D eigenvalue weighted by atomic mass is 16.7. The van der Waals surface area contributed by atoms with E-state index >= 15 is 0 Å². The molecule has 0 saturated carbocycles. The predicted molar refractivity (Wildman–Crippen MR) is 102 cm³/mol. The van der Waals surface area contributed by atoms with Crippen molar-refractivity contribution in [1.29, 1.82) is 21.2 Å². The van der Waals surface area contributed by atoms with Gasteiger partial charge in [0.25, 0.3) is 0 Å². The van der Waals surface area contributed by atoms with E-state index in [0.717, 1.165) is 18.4 Å². The maximum Gasteiger partial charge on any atom is 0.217 e. The molecule has 144 valence electrons. The minimum Gasteiger partial charge on any atom is -0.447 e. The van der Waals surface area contributed by atoms with Crippen LogP contribution in [0.1, 0.15) is 57.3 Å². The highest BCUT2D eigenvalue weighted by Gasteiger charge is 2.79. The lowest BCUT2D eigenvalue weighted by Gasteiger charge is -2.49. The highest BCUT2D eigenvalue weighted by Crippen LogP contribution is 2.68. The van der Waals surface area contributed by atoms with Gasteiger partial charge in [-0.25, -0.2) is 0 Å². The van der Waals surface area contributed by atoms with Gasteiger partial charge in [-0.05, 0) is 30.4 Å². The molecule has 6 nitrogen and oxygen atoms in total. The Kier molecular flexibility index (Phi) is 4.92. The first kappa shape index (κ1) is 19.9. The van der Waals surface area contributed by atoms with Gasteiger partial charge in [-0.3, -0.25) is 5.41 Å². The van der Waals surface area contributed by atoms with Crippen molar-refractivity contribution in [1.82, 2.24) is 0 Å². The zero-order chi connectivity index (χ0) is 20.6. The molecule has 3 rings (SSSR count). The van der Waals surface area contributed by atoms with Crippen molar-refractivity contribution in [2.75, 3.05) is 0 Å². The lowest BCUT2D eigenvalue weighted by molar-refractivity contribution is -0.286. The Balaban J connectivity index is 2.29. The van der Waals surface area contributed by atoms with E-state index in [1.54, 1.807) is 0 Å². The van der Waals surface area contributed by atoms with Crippen LogP contribution in [0, 0.1) is 56.2 Å². The van der Waals surface area contributed by atoms with E-state index in [9.17, 15) is 15.8 Å². The molecule has 6 heteroatoms. The van der Waals surface area contributed by atoms with Crippen LogP contribution < -0.4 is 0 Å². The van der Waals surface area contributed by atoms with E-state index in [0.29, 0.717) is 18.4 Å². The lowest BCUT2D eigenvalue weighted by atomic mass is 9.52. The second-order valence-corrected chi connectivity index (χ2v) is 7.50. The van der Waals surface area contributed by atoms with E-state index in [1.807, 2.05) is 45.0 Å². The summed E-state index contributed by atoms with van der Waals surface area (Å²) in [5.74, 6) is -2.07. The zero-order valence-electron chi connectivity index (χ0n) is 16.5. The summed E-state index contributed by atoms with van der Waals surface area (Å²) in [4.78, 5) is 0. The lowest BCUT2D eigenvalue weighted by Crippen LogP contribution is -2.59. The number of hydrogen-bond donors (Lipinski definition) is 1. The molecule has 1 aromatic carbocycles. The smallest absolute Gasteiger partial charge is 0.217 e. The molecular formula is C22H24N4O2. The third kappa shape index (κ3) is 2.24. The number of nitrogens with one attached hydrogen (secondary N) is 1. The van der Waals surface area contributed by atoms with Crippen LogP contribution in [0.4, 0.5) is 0 Å². The molecular weight excluding hydrogens is 352 g/mol. The minimum atomic E-state index is -1.87. The summed E-state index contributed by atoms with van der Waals surface area (Å²) in [7, 11) is 0. The van der Waals surface area contributed by atoms with Crippen molar-refractivity contribution in [3.63, 3.8) is 0 Å². The van der Waals surface area contributed by atoms with Crippen LogP contribution in [0.2, 0.25) is 0 Å². The molecule has 2 fully saturated rings.